The van der Waals surface area contributed by atoms with Gasteiger partial charge >= 0.3 is 6.09 Å². The van der Waals surface area contributed by atoms with Gasteiger partial charge in [-0.3, -0.25) is 24.0 Å². The van der Waals surface area contributed by atoms with E-state index in [9.17, 15) is 28.8 Å². The summed E-state index contributed by atoms with van der Waals surface area (Å²) in [7, 11) is 0. The highest BCUT2D eigenvalue weighted by atomic mass is 16.6. The lowest BCUT2D eigenvalue weighted by molar-refractivity contribution is -0.144. The first kappa shape index (κ1) is 37.9. The number of ether oxygens (including phenoxy) is 1. The zero-order valence-electron chi connectivity index (χ0n) is 29.8. The van der Waals surface area contributed by atoms with E-state index in [4.69, 9.17) is 4.74 Å². The van der Waals surface area contributed by atoms with Crippen molar-refractivity contribution in [2.24, 2.45) is 17.3 Å². The summed E-state index contributed by atoms with van der Waals surface area (Å²) in [6.45, 7) is 9.66. The number of hydrogen-bond donors (Lipinski definition) is 4. The van der Waals surface area contributed by atoms with E-state index in [1.165, 1.54) is 0 Å². The lowest BCUT2D eigenvalue weighted by Crippen LogP contribution is -2.58. The second-order valence-corrected chi connectivity index (χ2v) is 15.4. The number of alkyl carbamates (subject to hydrolysis) is 1. The van der Waals surface area contributed by atoms with Crippen LogP contribution in [-0.4, -0.2) is 77.2 Å². The minimum Gasteiger partial charge on any atom is -0.444 e. The molecule has 0 radical (unpaired) electrons. The number of hydrogen-bond acceptors (Lipinski definition) is 7. The fourth-order valence-electron chi connectivity index (χ4n) is 7.27. The molecule has 0 spiro atoms. The number of benzene rings is 1. The van der Waals surface area contributed by atoms with Crippen LogP contribution in [0.5, 0.6) is 0 Å². The number of amides is 5. The molecule has 5 atom stereocenters. The molecule has 0 bridgehead atoms. The Bertz CT molecular complexity index is 1360. The second kappa shape index (κ2) is 16.6. The van der Waals surface area contributed by atoms with E-state index < -0.39 is 53.3 Å². The smallest absolute Gasteiger partial charge is 0.408 e. The van der Waals surface area contributed by atoms with Crippen molar-refractivity contribution in [1.82, 2.24) is 26.2 Å². The molecule has 2 saturated heterocycles. The minimum atomic E-state index is -1.11. The SMILES string of the molecule is CC(C)(C)OC(=O)N[C@H]1CCCCCCCCCC[C@@H](C(=O)C(=O)NCC(=O)NCc2ccccc2)NC(=O)C2C3C(CN2C1=O)C3(C)C. The normalized spacial score (nSPS) is 26.2. The number of Topliss-reactive ketones (excluding diaryl/α,β-unsaturated/α-hetero) is 1. The molecular weight excluding hydrogens is 626 g/mol. The van der Waals surface area contributed by atoms with Gasteiger partial charge < -0.3 is 30.9 Å². The van der Waals surface area contributed by atoms with Crippen LogP contribution in [0, 0.1) is 17.3 Å². The van der Waals surface area contributed by atoms with Crippen LogP contribution < -0.4 is 21.3 Å². The van der Waals surface area contributed by atoms with Crippen molar-refractivity contribution in [3.05, 3.63) is 35.9 Å². The Morgan fingerprint density at radius 2 is 1.51 bits per heavy atom. The number of piperidine rings is 1. The Kier molecular flexibility index (Phi) is 12.8. The standard InChI is InChI=1S/C37H55N5O7/c1-36(2,3)49-35(48)41-27-20-16-11-9-7-6-8-10-15-19-26(40-32(45)30-29-25(37(29,4)5)23-42(30)34(27)47)31(44)33(46)39-22-28(43)38-21-24-17-13-12-14-18-24/h12-14,17-18,25-27,29-30H,6-11,15-16,19-23H2,1-5H3,(H,38,43)(H,39,46)(H,40,45)(H,41,48)/t25?,26-,27-,29?,30?/m0/s1. The monoisotopic (exact) mass is 681 g/mol. The summed E-state index contributed by atoms with van der Waals surface area (Å²) < 4.78 is 5.47. The minimum absolute atomic E-state index is 0.0896. The van der Waals surface area contributed by atoms with Gasteiger partial charge in [-0.05, 0) is 56.4 Å². The van der Waals surface area contributed by atoms with E-state index in [2.05, 4.69) is 35.1 Å². The maximum atomic E-state index is 14.1. The van der Waals surface area contributed by atoms with Crippen LogP contribution in [0.1, 0.15) is 104 Å². The Labute approximate surface area is 290 Å². The molecule has 2 aliphatic heterocycles. The fourth-order valence-corrected chi connectivity index (χ4v) is 7.27. The highest BCUT2D eigenvalue weighted by molar-refractivity contribution is 6.38. The molecule has 1 aromatic rings. The molecule has 3 aliphatic rings. The number of fused-ring (bicyclic) bond motifs is 3. The predicted molar refractivity (Wildman–Crippen MR) is 184 cm³/mol. The van der Waals surface area contributed by atoms with Gasteiger partial charge in [-0.1, -0.05) is 95.5 Å². The van der Waals surface area contributed by atoms with E-state index in [0.717, 1.165) is 50.5 Å². The van der Waals surface area contributed by atoms with E-state index in [0.29, 0.717) is 19.4 Å². The van der Waals surface area contributed by atoms with E-state index in [1.807, 2.05) is 30.3 Å². The summed E-state index contributed by atoms with van der Waals surface area (Å²) in [5.74, 6) is -3.09. The molecule has 1 aliphatic carbocycles. The third-order valence-electron chi connectivity index (χ3n) is 10.1. The van der Waals surface area contributed by atoms with Gasteiger partial charge in [-0.15, -0.1) is 0 Å². The van der Waals surface area contributed by atoms with Crippen LogP contribution in [0.3, 0.4) is 0 Å². The maximum Gasteiger partial charge on any atom is 0.408 e. The van der Waals surface area contributed by atoms with Crippen molar-refractivity contribution in [1.29, 1.82) is 0 Å². The van der Waals surface area contributed by atoms with Crippen LogP contribution in [0.4, 0.5) is 4.79 Å². The zero-order valence-corrected chi connectivity index (χ0v) is 29.8. The highest BCUT2D eigenvalue weighted by Crippen LogP contribution is 2.65. The van der Waals surface area contributed by atoms with Crippen LogP contribution in [0.25, 0.3) is 0 Å². The summed E-state index contributed by atoms with van der Waals surface area (Å²) in [6, 6.07) is 6.50. The lowest BCUT2D eigenvalue weighted by atomic mass is 9.97. The second-order valence-electron chi connectivity index (χ2n) is 15.4. The predicted octanol–water partition coefficient (Wildman–Crippen LogP) is 3.76. The fraction of sp³-hybridized carbons (Fsp3) is 0.676. The Morgan fingerprint density at radius 1 is 0.898 bits per heavy atom. The van der Waals surface area contributed by atoms with Crippen molar-refractivity contribution < 1.29 is 33.5 Å². The molecular formula is C37H55N5O7. The average molecular weight is 682 g/mol. The van der Waals surface area contributed by atoms with E-state index >= 15 is 0 Å². The number of ketones is 1. The zero-order chi connectivity index (χ0) is 35.8. The van der Waals surface area contributed by atoms with Crippen LogP contribution >= 0.6 is 0 Å². The molecule has 12 nitrogen and oxygen atoms in total. The maximum absolute atomic E-state index is 14.1. The molecule has 270 valence electrons. The van der Waals surface area contributed by atoms with Gasteiger partial charge in [0.15, 0.2) is 0 Å². The molecule has 2 heterocycles. The summed E-state index contributed by atoms with van der Waals surface area (Å²) in [5.41, 5.74) is -0.0312. The number of nitrogens with one attached hydrogen (secondary N) is 4. The first-order chi connectivity index (χ1) is 23.2. The topological polar surface area (TPSA) is 163 Å². The molecule has 0 aromatic heterocycles. The molecule has 4 N–H and O–H groups in total. The van der Waals surface area contributed by atoms with E-state index in [-0.39, 0.29) is 42.7 Å². The molecule has 4 rings (SSSR count). The quantitative estimate of drug-likeness (QED) is 0.319. The Balaban J connectivity index is 1.48. The van der Waals surface area contributed by atoms with Crippen molar-refractivity contribution in [3.63, 3.8) is 0 Å². The molecule has 5 amide bonds. The van der Waals surface area contributed by atoms with Crippen LogP contribution in [0.2, 0.25) is 0 Å². The molecule has 49 heavy (non-hydrogen) atoms. The molecule has 1 saturated carbocycles. The van der Waals surface area contributed by atoms with Gasteiger partial charge in [0.1, 0.15) is 17.7 Å². The van der Waals surface area contributed by atoms with Gasteiger partial charge in [-0.2, -0.15) is 0 Å². The average Bonchev–Trinajstić information content (AvgIpc) is 3.35. The summed E-state index contributed by atoms with van der Waals surface area (Å²) in [5, 5.41) is 10.7. The van der Waals surface area contributed by atoms with Gasteiger partial charge in [0.2, 0.25) is 23.5 Å². The molecule has 12 heteroatoms. The van der Waals surface area contributed by atoms with Crippen LogP contribution in [0.15, 0.2) is 30.3 Å². The first-order valence-electron chi connectivity index (χ1n) is 17.9. The first-order valence-corrected chi connectivity index (χ1v) is 17.9. The number of carbonyl (C=O) groups excluding carboxylic acids is 6. The van der Waals surface area contributed by atoms with Gasteiger partial charge in [-0.25, -0.2) is 4.79 Å². The molecule has 1 aromatic carbocycles. The lowest BCUT2D eigenvalue weighted by Gasteiger charge is -2.34. The number of nitrogens with zero attached hydrogens (tertiary/aromatic N) is 1. The molecule has 3 unspecified atom stereocenters. The molecule has 3 fully saturated rings. The number of rotatable bonds is 7. The van der Waals surface area contributed by atoms with E-state index in [1.54, 1.807) is 25.7 Å². The van der Waals surface area contributed by atoms with Crippen molar-refractivity contribution in [3.8, 4) is 0 Å². The third-order valence-corrected chi connectivity index (χ3v) is 10.1. The van der Waals surface area contributed by atoms with Crippen molar-refractivity contribution in [2.75, 3.05) is 13.1 Å². The Hall–Kier alpha value is -3.96. The summed E-state index contributed by atoms with van der Waals surface area (Å²) >= 11 is 0. The Morgan fingerprint density at radius 3 is 2.14 bits per heavy atom. The highest BCUT2D eigenvalue weighted by Gasteiger charge is 2.69. The summed E-state index contributed by atoms with van der Waals surface area (Å²) in [4.78, 5) is 81.5. The van der Waals surface area contributed by atoms with Crippen molar-refractivity contribution in [2.45, 2.75) is 129 Å². The largest absolute Gasteiger partial charge is 0.444 e. The number of carbonyl (C=O) groups is 6. The third kappa shape index (κ3) is 10.5. The summed E-state index contributed by atoms with van der Waals surface area (Å²) in [6.07, 6.45) is 7.12. The van der Waals surface area contributed by atoms with Gasteiger partial charge in [0.05, 0.1) is 12.6 Å². The van der Waals surface area contributed by atoms with Crippen molar-refractivity contribution >= 4 is 35.5 Å². The van der Waals surface area contributed by atoms with Gasteiger partial charge in [0.25, 0.3) is 5.91 Å². The van der Waals surface area contributed by atoms with Crippen LogP contribution in [-0.2, 0) is 35.3 Å². The van der Waals surface area contributed by atoms with Gasteiger partial charge in [0, 0.05) is 13.1 Å².